The summed E-state index contributed by atoms with van der Waals surface area (Å²) in [6.07, 6.45) is 5.81. The van der Waals surface area contributed by atoms with Crippen molar-refractivity contribution in [2.45, 2.75) is 32.6 Å². The third kappa shape index (κ3) is 7.47. The van der Waals surface area contributed by atoms with Crippen molar-refractivity contribution >= 4 is 6.21 Å². The molecule has 2 heteroatoms. The molecule has 0 aromatic heterocycles. The predicted octanol–water partition coefficient (Wildman–Crippen LogP) is 2.40. The van der Waals surface area contributed by atoms with Crippen LogP contribution in [0.5, 0.6) is 0 Å². The van der Waals surface area contributed by atoms with Crippen LogP contribution in [0.25, 0.3) is 0 Å². The van der Waals surface area contributed by atoms with Gasteiger partial charge in [0.1, 0.15) is 6.61 Å². The Labute approximate surface area is 63.3 Å². The average molecular weight is 142 g/mol. The molecule has 0 amide bonds. The fourth-order valence-electron chi connectivity index (χ4n) is 0.458. The molecule has 59 valence electrons. The summed E-state index contributed by atoms with van der Waals surface area (Å²) in [5.41, 5.74) is 0. The van der Waals surface area contributed by atoms with Crippen LogP contribution in [0.4, 0.5) is 0 Å². The second kappa shape index (κ2) is 8.47. The molecule has 0 aliphatic rings. The van der Waals surface area contributed by atoms with E-state index in [0.29, 0.717) is 0 Å². The Bertz CT molecular complexity index is 81.3. The predicted molar refractivity (Wildman–Crippen MR) is 43.9 cm³/mol. The van der Waals surface area contributed by atoms with Crippen LogP contribution in [-0.4, -0.2) is 12.8 Å². The van der Waals surface area contributed by atoms with Gasteiger partial charge in [-0.3, -0.25) is 0 Å². The Morgan fingerprint density at radius 1 is 1.60 bits per heavy atom. The van der Waals surface area contributed by atoms with E-state index >= 15 is 0 Å². The lowest BCUT2D eigenvalue weighted by molar-refractivity contribution is 0.142. The molecule has 0 bridgehead atoms. The van der Waals surface area contributed by atoms with Gasteiger partial charge >= 0.3 is 0 Å². The van der Waals surface area contributed by atoms with Gasteiger partial charge in [0.05, 0.1) is 0 Å². The molecule has 1 radical (unpaired) electrons. The summed E-state index contributed by atoms with van der Waals surface area (Å²) in [6, 6.07) is 0. The van der Waals surface area contributed by atoms with Gasteiger partial charge in [-0.25, -0.2) is 0 Å². The van der Waals surface area contributed by atoms with Gasteiger partial charge in [0.2, 0.25) is 0 Å². The molecular formula is C8H16NO. The zero-order valence-electron chi connectivity index (χ0n) is 6.68. The van der Waals surface area contributed by atoms with Crippen LogP contribution in [0.3, 0.4) is 0 Å². The van der Waals surface area contributed by atoms with Crippen LogP contribution < -0.4 is 0 Å². The number of nitrogens with zero attached hydrogens (tertiary/aromatic N) is 1. The largest absolute Gasteiger partial charge is 0.396 e. The standard InChI is InChI=1S/C8H16NO/c1-3-5-7-9-10-8-6-4-2/h7H,1,3-6,8H2,2H3/b9-7-. The van der Waals surface area contributed by atoms with Gasteiger partial charge in [-0.15, -0.1) is 0 Å². The maximum absolute atomic E-state index is 4.92. The lowest BCUT2D eigenvalue weighted by Crippen LogP contribution is -1.86. The van der Waals surface area contributed by atoms with Crippen LogP contribution in [0, 0.1) is 6.92 Å². The molecule has 0 unspecified atom stereocenters. The second-order valence-electron chi connectivity index (χ2n) is 2.12. The van der Waals surface area contributed by atoms with E-state index in [2.05, 4.69) is 19.0 Å². The topological polar surface area (TPSA) is 21.6 Å². The molecule has 0 spiro atoms. The number of rotatable bonds is 6. The summed E-state index contributed by atoms with van der Waals surface area (Å²) >= 11 is 0. The highest BCUT2D eigenvalue weighted by Crippen LogP contribution is 1.88. The van der Waals surface area contributed by atoms with E-state index in [9.17, 15) is 0 Å². The summed E-state index contributed by atoms with van der Waals surface area (Å²) in [6.45, 7) is 6.54. The Morgan fingerprint density at radius 2 is 2.40 bits per heavy atom. The molecule has 2 nitrogen and oxygen atoms in total. The number of hydrogen-bond acceptors (Lipinski definition) is 2. The first-order valence-corrected chi connectivity index (χ1v) is 3.84. The molecule has 0 N–H and O–H groups in total. The number of unbranched alkanes of at least 4 members (excludes halogenated alkanes) is 2. The van der Waals surface area contributed by atoms with E-state index in [1.165, 1.54) is 0 Å². The Hall–Kier alpha value is -0.530. The first-order valence-electron chi connectivity index (χ1n) is 3.84. The van der Waals surface area contributed by atoms with Crippen LogP contribution in [0.2, 0.25) is 0 Å². The minimum Gasteiger partial charge on any atom is -0.396 e. The van der Waals surface area contributed by atoms with Gasteiger partial charge in [-0.2, -0.15) is 0 Å². The molecule has 0 heterocycles. The summed E-state index contributed by atoms with van der Waals surface area (Å²) in [5, 5.41) is 3.73. The first kappa shape index (κ1) is 9.47. The van der Waals surface area contributed by atoms with Crippen LogP contribution in [-0.2, 0) is 4.84 Å². The van der Waals surface area contributed by atoms with Crippen molar-refractivity contribution in [3.8, 4) is 0 Å². The molecule has 0 rings (SSSR count). The second-order valence-corrected chi connectivity index (χ2v) is 2.12. The van der Waals surface area contributed by atoms with Gasteiger partial charge in [-0.1, -0.05) is 25.4 Å². The fourth-order valence-corrected chi connectivity index (χ4v) is 0.458. The van der Waals surface area contributed by atoms with Gasteiger partial charge < -0.3 is 4.84 Å². The summed E-state index contributed by atoms with van der Waals surface area (Å²) in [7, 11) is 0. The van der Waals surface area contributed by atoms with Crippen molar-refractivity contribution in [2.24, 2.45) is 5.16 Å². The third-order valence-corrected chi connectivity index (χ3v) is 1.07. The van der Waals surface area contributed by atoms with Gasteiger partial charge in [-0.05, 0) is 19.3 Å². The van der Waals surface area contributed by atoms with Crippen LogP contribution >= 0.6 is 0 Å². The normalized spacial score (nSPS) is 10.6. The van der Waals surface area contributed by atoms with Gasteiger partial charge in [0.25, 0.3) is 0 Å². The highest BCUT2D eigenvalue weighted by atomic mass is 16.6. The molecule has 0 saturated heterocycles. The molecule has 0 atom stereocenters. The SMILES string of the molecule is [CH2]CC/C=N\OCCCC. The van der Waals surface area contributed by atoms with Crippen molar-refractivity contribution < 1.29 is 4.84 Å². The van der Waals surface area contributed by atoms with Crippen LogP contribution in [0.15, 0.2) is 5.16 Å². The van der Waals surface area contributed by atoms with E-state index in [4.69, 9.17) is 4.84 Å². The Kier molecular flexibility index (Phi) is 8.02. The fraction of sp³-hybridized carbons (Fsp3) is 0.750. The lowest BCUT2D eigenvalue weighted by atomic mass is 10.4. The summed E-state index contributed by atoms with van der Waals surface area (Å²) < 4.78 is 0. The maximum atomic E-state index is 4.92. The Morgan fingerprint density at radius 3 is 3.00 bits per heavy atom. The monoisotopic (exact) mass is 142 g/mol. The van der Waals surface area contributed by atoms with Crippen molar-refractivity contribution in [1.29, 1.82) is 0 Å². The number of hydrogen-bond donors (Lipinski definition) is 0. The zero-order chi connectivity index (χ0) is 7.66. The molecule has 0 aromatic rings. The van der Waals surface area contributed by atoms with Crippen molar-refractivity contribution in [2.75, 3.05) is 6.61 Å². The highest BCUT2D eigenvalue weighted by Gasteiger charge is 1.80. The van der Waals surface area contributed by atoms with Crippen molar-refractivity contribution in [3.05, 3.63) is 6.92 Å². The minimum atomic E-state index is 0.740. The van der Waals surface area contributed by atoms with Gasteiger partial charge in [0.15, 0.2) is 0 Å². The molecule has 0 aromatic carbocycles. The number of oxime groups is 1. The third-order valence-electron chi connectivity index (χ3n) is 1.07. The molecular weight excluding hydrogens is 126 g/mol. The smallest absolute Gasteiger partial charge is 0.117 e. The maximum Gasteiger partial charge on any atom is 0.117 e. The molecule has 0 aliphatic heterocycles. The Balaban J connectivity index is 2.88. The van der Waals surface area contributed by atoms with Crippen LogP contribution in [0.1, 0.15) is 32.6 Å². The molecule has 0 aliphatic carbocycles. The summed E-state index contributed by atoms with van der Waals surface area (Å²) in [5.74, 6) is 0. The van der Waals surface area contributed by atoms with E-state index < -0.39 is 0 Å². The van der Waals surface area contributed by atoms with Crippen molar-refractivity contribution in [1.82, 2.24) is 0 Å². The van der Waals surface area contributed by atoms with E-state index in [1.54, 1.807) is 6.21 Å². The average Bonchev–Trinajstić information content (AvgIpc) is 1.97. The highest BCUT2D eigenvalue weighted by molar-refractivity contribution is 5.56. The first-order chi connectivity index (χ1) is 4.91. The molecule has 0 saturated carbocycles. The summed E-state index contributed by atoms with van der Waals surface area (Å²) in [4.78, 5) is 4.92. The quantitative estimate of drug-likeness (QED) is 0.317. The van der Waals surface area contributed by atoms with E-state index in [0.717, 1.165) is 32.3 Å². The minimum absolute atomic E-state index is 0.740. The van der Waals surface area contributed by atoms with Gasteiger partial charge in [0, 0.05) is 6.21 Å². The van der Waals surface area contributed by atoms with Crippen molar-refractivity contribution in [3.63, 3.8) is 0 Å². The lowest BCUT2D eigenvalue weighted by Gasteiger charge is -1.94. The van der Waals surface area contributed by atoms with E-state index in [1.807, 2.05) is 0 Å². The zero-order valence-corrected chi connectivity index (χ0v) is 6.68. The molecule has 10 heavy (non-hydrogen) atoms. The van der Waals surface area contributed by atoms with E-state index in [-0.39, 0.29) is 0 Å². The molecule has 0 fully saturated rings.